The van der Waals surface area contributed by atoms with E-state index < -0.39 is 24.0 Å². The number of amides is 2. The number of imide groups is 1. The Labute approximate surface area is 192 Å². The van der Waals surface area contributed by atoms with Crippen LogP contribution in [0.2, 0.25) is 15.1 Å². The summed E-state index contributed by atoms with van der Waals surface area (Å²) in [6.07, 6.45) is -1.50. The highest BCUT2D eigenvalue weighted by Gasteiger charge is 2.28. The average Bonchev–Trinajstić information content (AvgIpc) is 2.72. The standard InChI is InChI=1S/C20H14Cl3N5O3/c1-2-28(20(30)31)19(29)17(10-25)27-26-13-7-15(22)18(16(23)8-13)14(9-24)11-3-5-12(21)6-4-11/h3-8,14,17H,2H2,1H3,(H,30,31). The number of carbonyl (C=O) groups is 2. The molecule has 1 N–H and O–H groups in total. The molecule has 2 amide bonds. The minimum atomic E-state index is -1.66. The van der Waals surface area contributed by atoms with Crippen LogP contribution in [-0.2, 0) is 4.79 Å². The zero-order valence-corrected chi connectivity index (χ0v) is 18.2. The highest BCUT2D eigenvalue weighted by Crippen LogP contribution is 2.38. The largest absolute Gasteiger partial charge is 0.465 e. The SMILES string of the molecule is CCN(C(=O)O)C(=O)C(C#N)N=Nc1cc(Cl)c(C(C#N)c2ccc(Cl)cc2)c(Cl)c1. The molecule has 8 nitrogen and oxygen atoms in total. The fourth-order valence-corrected chi connectivity index (χ4v) is 3.47. The molecular formula is C20H14Cl3N5O3. The van der Waals surface area contributed by atoms with E-state index >= 15 is 0 Å². The number of carbonyl (C=O) groups excluding carboxylic acids is 1. The molecule has 0 radical (unpaired) electrons. The zero-order valence-electron chi connectivity index (χ0n) is 16.0. The molecule has 0 fully saturated rings. The van der Waals surface area contributed by atoms with Gasteiger partial charge in [0.2, 0.25) is 6.04 Å². The maximum absolute atomic E-state index is 12.1. The van der Waals surface area contributed by atoms with E-state index in [1.165, 1.54) is 19.1 Å². The molecule has 0 saturated carbocycles. The van der Waals surface area contributed by atoms with Gasteiger partial charge >= 0.3 is 6.09 Å². The van der Waals surface area contributed by atoms with E-state index in [2.05, 4.69) is 16.3 Å². The van der Waals surface area contributed by atoms with Gasteiger partial charge < -0.3 is 5.11 Å². The van der Waals surface area contributed by atoms with Gasteiger partial charge in [-0.05, 0) is 36.8 Å². The van der Waals surface area contributed by atoms with Crippen LogP contribution in [-0.4, -0.2) is 34.6 Å². The molecule has 158 valence electrons. The molecule has 11 heteroatoms. The number of carboxylic acid groups (broad SMARTS) is 1. The summed E-state index contributed by atoms with van der Waals surface area (Å²) in [6, 6.07) is 11.5. The van der Waals surface area contributed by atoms with Gasteiger partial charge in [-0.3, -0.25) is 4.79 Å². The molecule has 2 rings (SSSR count). The molecule has 0 aliphatic rings. The van der Waals surface area contributed by atoms with E-state index in [0.717, 1.165) is 0 Å². The number of halogens is 3. The summed E-state index contributed by atoms with van der Waals surface area (Å²) in [4.78, 5) is 23.7. The Morgan fingerprint density at radius 2 is 1.68 bits per heavy atom. The molecule has 2 aromatic carbocycles. The third-order valence-electron chi connectivity index (χ3n) is 4.14. The van der Waals surface area contributed by atoms with Crippen molar-refractivity contribution in [1.82, 2.24) is 4.90 Å². The number of rotatable bonds is 6. The van der Waals surface area contributed by atoms with E-state index in [9.17, 15) is 14.9 Å². The molecule has 0 saturated heterocycles. The molecule has 0 aromatic heterocycles. The normalized spacial score (nSPS) is 12.6. The van der Waals surface area contributed by atoms with Crippen LogP contribution in [0.5, 0.6) is 0 Å². The lowest BCUT2D eigenvalue weighted by Crippen LogP contribution is -2.41. The number of benzene rings is 2. The molecule has 0 aliphatic heterocycles. The molecule has 2 unspecified atom stereocenters. The van der Waals surface area contributed by atoms with Gasteiger partial charge in [0.15, 0.2) is 0 Å². The molecule has 31 heavy (non-hydrogen) atoms. The second kappa shape index (κ2) is 10.7. The number of hydrogen-bond acceptors (Lipinski definition) is 6. The maximum atomic E-state index is 12.1. The lowest BCUT2D eigenvalue weighted by atomic mass is 9.92. The van der Waals surface area contributed by atoms with Crippen molar-refractivity contribution < 1.29 is 14.7 Å². The number of nitrogens with zero attached hydrogens (tertiary/aromatic N) is 5. The van der Waals surface area contributed by atoms with Crippen molar-refractivity contribution in [1.29, 1.82) is 10.5 Å². The minimum absolute atomic E-state index is 0.123. The van der Waals surface area contributed by atoms with Crippen molar-refractivity contribution >= 4 is 52.5 Å². The van der Waals surface area contributed by atoms with Crippen LogP contribution in [0.15, 0.2) is 46.6 Å². The zero-order chi connectivity index (χ0) is 23.1. The molecule has 2 atom stereocenters. The van der Waals surface area contributed by atoms with Gasteiger partial charge in [0.1, 0.15) is 6.07 Å². The molecule has 0 heterocycles. The van der Waals surface area contributed by atoms with Crippen LogP contribution >= 0.6 is 34.8 Å². The second-order valence-corrected chi connectivity index (χ2v) is 7.30. The first-order valence-electron chi connectivity index (χ1n) is 8.72. The fourth-order valence-electron chi connectivity index (χ4n) is 2.65. The molecular weight excluding hydrogens is 465 g/mol. The van der Waals surface area contributed by atoms with Gasteiger partial charge in [-0.1, -0.05) is 46.9 Å². The predicted octanol–water partition coefficient (Wildman–Crippen LogP) is 5.80. The predicted molar refractivity (Wildman–Crippen MR) is 115 cm³/mol. The van der Waals surface area contributed by atoms with Crippen molar-refractivity contribution in [2.75, 3.05) is 6.54 Å². The van der Waals surface area contributed by atoms with E-state index in [-0.39, 0.29) is 22.3 Å². The van der Waals surface area contributed by atoms with E-state index in [4.69, 9.17) is 45.2 Å². The van der Waals surface area contributed by atoms with Crippen LogP contribution < -0.4 is 0 Å². The Hall–Kier alpha value is -3.17. The van der Waals surface area contributed by atoms with Crippen LogP contribution in [0.25, 0.3) is 0 Å². The molecule has 0 spiro atoms. The quantitative estimate of drug-likeness (QED) is 0.524. The highest BCUT2D eigenvalue weighted by molar-refractivity contribution is 6.36. The van der Waals surface area contributed by atoms with Crippen LogP contribution in [0, 0.1) is 22.7 Å². The first-order valence-corrected chi connectivity index (χ1v) is 9.85. The number of nitriles is 2. The third-order valence-corrected chi connectivity index (χ3v) is 5.02. The monoisotopic (exact) mass is 477 g/mol. The van der Waals surface area contributed by atoms with Gasteiger partial charge in [0, 0.05) is 27.2 Å². The average molecular weight is 479 g/mol. The Morgan fingerprint density at radius 3 is 2.13 bits per heavy atom. The number of azo groups is 1. The topological polar surface area (TPSA) is 130 Å². The van der Waals surface area contributed by atoms with Crippen molar-refractivity contribution in [3.05, 3.63) is 62.6 Å². The summed E-state index contributed by atoms with van der Waals surface area (Å²) >= 11 is 18.6. The molecule has 0 aliphatic carbocycles. The first-order chi connectivity index (χ1) is 14.7. The maximum Gasteiger partial charge on any atom is 0.414 e. The minimum Gasteiger partial charge on any atom is -0.465 e. The van der Waals surface area contributed by atoms with Gasteiger partial charge in [-0.15, -0.1) is 0 Å². The Morgan fingerprint density at radius 1 is 1.10 bits per heavy atom. The molecule has 2 aromatic rings. The summed E-state index contributed by atoms with van der Waals surface area (Å²) < 4.78 is 0. The van der Waals surface area contributed by atoms with Crippen molar-refractivity contribution in [3.8, 4) is 12.1 Å². The van der Waals surface area contributed by atoms with Gasteiger partial charge in [-0.2, -0.15) is 20.8 Å². The molecule has 0 bridgehead atoms. The third kappa shape index (κ3) is 5.71. The summed E-state index contributed by atoms with van der Waals surface area (Å²) in [5.41, 5.74) is 1.11. The van der Waals surface area contributed by atoms with E-state index in [0.29, 0.717) is 21.0 Å². The van der Waals surface area contributed by atoms with Crippen molar-refractivity contribution in [2.45, 2.75) is 18.9 Å². The van der Waals surface area contributed by atoms with Crippen molar-refractivity contribution in [2.24, 2.45) is 10.2 Å². The summed E-state index contributed by atoms with van der Waals surface area (Å²) in [5, 5.41) is 36.0. The van der Waals surface area contributed by atoms with Crippen molar-refractivity contribution in [3.63, 3.8) is 0 Å². The number of hydrogen-bond donors (Lipinski definition) is 1. The lowest BCUT2D eigenvalue weighted by Gasteiger charge is -2.15. The summed E-state index contributed by atoms with van der Waals surface area (Å²) in [6.45, 7) is 1.30. The number of likely N-dealkylation sites (N-methyl/N-ethyl adjacent to an activating group) is 1. The Balaban J connectivity index is 2.36. The smallest absolute Gasteiger partial charge is 0.414 e. The Bertz CT molecular complexity index is 1080. The van der Waals surface area contributed by atoms with Crippen LogP contribution in [0.4, 0.5) is 10.5 Å². The second-order valence-electron chi connectivity index (χ2n) is 6.05. The summed E-state index contributed by atoms with van der Waals surface area (Å²) in [5.74, 6) is -1.80. The van der Waals surface area contributed by atoms with E-state index in [1.54, 1.807) is 30.3 Å². The first kappa shape index (κ1) is 24.1. The fraction of sp³-hybridized carbons (Fsp3) is 0.200. The summed E-state index contributed by atoms with van der Waals surface area (Å²) in [7, 11) is 0. The van der Waals surface area contributed by atoms with E-state index in [1.807, 2.05) is 0 Å². The highest BCUT2D eigenvalue weighted by atomic mass is 35.5. The van der Waals surface area contributed by atoms with Gasteiger partial charge in [0.25, 0.3) is 5.91 Å². The Kier molecular flexibility index (Phi) is 8.35. The lowest BCUT2D eigenvalue weighted by molar-refractivity contribution is -0.129. The van der Waals surface area contributed by atoms with Crippen LogP contribution in [0.3, 0.4) is 0 Å². The van der Waals surface area contributed by atoms with Gasteiger partial charge in [0.05, 0.1) is 17.7 Å². The van der Waals surface area contributed by atoms with Crippen LogP contribution in [0.1, 0.15) is 24.0 Å². The van der Waals surface area contributed by atoms with Gasteiger partial charge in [-0.25, -0.2) is 9.69 Å².